The molecule has 0 aliphatic carbocycles. The maximum absolute atomic E-state index is 13.9. The molecule has 1 aromatic rings. The maximum Gasteiger partial charge on any atom is 0.355 e. The molecule has 0 radical (unpaired) electrons. The summed E-state index contributed by atoms with van der Waals surface area (Å²) in [5.74, 6) is 0.0980. The van der Waals surface area contributed by atoms with E-state index in [9.17, 15) is 14.0 Å². The molecule has 0 spiro atoms. The number of ether oxygens (including phenoxy) is 3. The molecule has 7 heteroatoms. The number of rotatable bonds is 3. The minimum absolute atomic E-state index is 0.00738. The first-order valence-electron chi connectivity index (χ1n) is 6.54. The Hall–Kier alpha value is -2.85. The van der Waals surface area contributed by atoms with Crippen molar-refractivity contribution < 1.29 is 28.2 Å². The van der Waals surface area contributed by atoms with Gasteiger partial charge in [0.1, 0.15) is 18.2 Å². The number of benzene rings is 1. The molecule has 23 heavy (non-hydrogen) atoms. The van der Waals surface area contributed by atoms with E-state index < -0.39 is 17.8 Å². The van der Waals surface area contributed by atoms with Crippen molar-refractivity contribution in [2.45, 2.75) is 0 Å². The average Bonchev–Trinajstić information content (AvgIpc) is 2.59. The van der Waals surface area contributed by atoms with E-state index in [1.165, 1.54) is 31.3 Å². The van der Waals surface area contributed by atoms with Gasteiger partial charge in [-0.25, -0.2) is 14.0 Å². The van der Waals surface area contributed by atoms with Gasteiger partial charge in [-0.3, -0.25) is 0 Å². The van der Waals surface area contributed by atoms with E-state index in [0.29, 0.717) is 5.69 Å². The van der Waals surface area contributed by atoms with Crippen molar-refractivity contribution in [3.8, 4) is 12.3 Å². The number of hydrogen-bond acceptors (Lipinski definition) is 6. The van der Waals surface area contributed by atoms with E-state index in [-0.39, 0.29) is 30.2 Å². The van der Waals surface area contributed by atoms with Gasteiger partial charge >= 0.3 is 11.9 Å². The van der Waals surface area contributed by atoms with Gasteiger partial charge in [-0.15, -0.1) is 6.42 Å². The number of halogens is 1. The van der Waals surface area contributed by atoms with E-state index in [2.05, 4.69) is 10.7 Å². The summed E-state index contributed by atoms with van der Waals surface area (Å²) >= 11 is 0. The van der Waals surface area contributed by atoms with Gasteiger partial charge < -0.3 is 19.1 Å². The predicted molar refractivity (Wildman–Crippen MR) is 78.7 cm³/mol. The smallest absolute Gasteiger partial charge is 0.355 e. The second kappa shape index (κ2) is 6.94. The van der Waals surface area contributed by atoms with E-state index in [0.717, 1.165) is 6.07 Å². The van der Waals surface area contributed by atoms with Gasteiger partial charge in [0.25, 0.3) is 0 Å². The first-order chi connectivity index (χ1) is 11.0. The highest BCUT2D eigenvalue weighted by Crippen LogP contribution is 2.27. The number of carbonyl (C=O) groups excluding carboxylic acids is 2. The van der Waals surface area contributed by atoms with Gasteiger partial charge in [0.15, 0.2) is 0 Å². The second-order valence-corrected chi connectivity index (χ2v) is 4.52. The Morgan fingerprint density at radius 3 is 2.57 bits per heavy atom. The fraction of sp³-hybridized carbons (Fsp3) is 0.250. The van der Waals surface area contributed by atoms with Gasteiger partial charge in [0.05, 0.1) is 32.0 Å². The summed E-state index contributed by atoms with van der Waals surface area (Å²) in [7, 11) is 2.37. The third-order valence-corrected chi connectivity index (χ3v) is 3.25. The lowest BCUT2D eigenvalue weighted by molar-refractivity contribution is -0.140. The van der Waals surface area contributed by atoms with Crippen LogP contribution in [0.25, 0.3) is 0 Å². The largest absolute Gasteiger partial charge is 0.466 e. The first-order valence-corrected chi connectivity index (χ1v) is 6.54. The Balaban J connectivity index is 2.55. The Morgan fingerprint density at radius 2 is 2.00 bits per heavy atom. The maximum atomic E-state index is 13.9. The van der Waals surface area contributed by atoms with Crippen molar-refractivity contribution in [2.24, 2.45) is 0 Å². The molecule has 120 valence electrons. The minimum atomic E-state index is -0.755. The number of carbonyl (C=O) groups is 2. The molecule has 0 amide bonds. The monoisotopic (exact) mass is 319 g/mol. The van der Waals surface area contributed by atoms with Crippen LogP contribution in [-0.4, -0.2) is 39.5 Å². The molecule has 0 bridgehead atoms. The quantitative estimate of drug-likeness (QED) is 0.616. The van der Waals surface area contributed by atoms with Gasteiger partial charge in [0, 0.05) is 5.69 Å². The lowest BCUT2D eigenvalue weighted by Gasteiger charge is -2.31. The van der Waals surface area contributed by atoms with Crippen LogP contribution in [0.1, 0.15) is 5.56 Å². The molecular weight excluding hydrogens is 305 g/mol. The Bertz CT molecular complexity index is 720. The van der Waals surface area contributed by atoms with E-state index >= 15 is 0 Å². The highest BCUT2D eigenvalue weighted by atomic mass is 19.1. The van der Waals surface area contributed by atoms with Gasteiger partial charge in [-0.05, 0) is 18.2 Å². The fourth-order valence-electron chi connectivity index (χ4n) is 2.14. The third-order valence-electron chi connectivity index (χ3n) is 3.25. The molecule has 1 aromatic carbocycles. The minimum Gasteiger partial charge on any atom is -0.466 e. The summed E-state index contributed by atoms with van der Waals surface area (Å²) < 4.78 is 28.6. The molecule has 0 N–H and O–H groups in total. The van der Waals surface area contributed by atoms with Crippen molar-refractivity contribution in [2.75, 3.05) is 32.5 Å². The summed E-state index contributed by atoms with van der Waals surface area (Å²) in [6.45, 7) is -0.168. The molecular formula is C16H14FNO5. The van der Waals surface area contributed by atoms with Crippen molar-refractivity contribution >= 4 is 17.6 Å². The lowest BCUT2D eigenvalue weighted by atomic mass is 10.1. The molecule has 1 aliphatic heterocycles. The molecule has 0 saturated heterocycles. The number of anilines is 1. The van der Waals surface area contributed by atoms with Crippen molar-refractivity contribution in [3.63, 3.8) is 0 Å². The molecule has 6 nitrogen and oxygen atoms in total. The van der Waals surface area contributed by atoms with Gasteiger partial charge in [-0.2, -0.15) is 0 Å². The zero-order valence-electron chi connectivity index (χ0n) is 12.6. The van der Waals surface area contributed by atoms with Crippen LogP contribution in [0.5, 0.6) is 0 Å². The molecule has 1 heterocycles. The summed E-state index contributed by atoms with van der Waals surface area (Å²) in [6, 6.07) is 4.07. The molecule has 0 saturated carbocycles. The molecule has 2 rings (SSSR count). The second-order valence-electron chi connectivity index (χ2n) is 4.52. The molecule has 0 aromatic heterocycles. The molecule has 0 atom stereocenters. The average molecular weight is 319 g/mol. The standard InChI is InChI=1S/C16H14FNO5/c1-4-10-5-6-11(7-13(10)17)18-9-23-8-12(15(19)21-2)14(18)16(20)22-3/h1,5-7H,8-9H2,2-3H3. The molecule has 1 aliphatic rings. The van der Waals surface area contributed by atoms with Crippen LogP contribution in [0, 0.1) is 18.2 Å². The number of methoxy groups -OCH3 is 2. The summed E-state index contributed by atoms with van der Waals surface area (Å²) in [5, 5.41) is 0. The van der Waals surface area contributed by atoms with Crippen molar-refractivity contribution in [1.82, 2.24) is 0 Å². The van der Waals surface area contributed by atoms with Crippen LogP contribution >= 0.6 is 0 Å². The van der Waals surface area contributed by atoms with E-state index in [1.807, 2.05) is 0 Å². The van der Waals surface area contributed by atoms with Crippen molar-refractivity contribution in [1.29, 1.82) is 0 Å². The third kappa shape index (κ3) is 3.17. The number of nitrogens with zero attached hydrogens (tertiary/aromatic N) is 1. The van der Waals surface area contributed by atoms with Crippen LogP contribution in [-0.2, 0) is 23.8 Å². The van der Waals surface area contributed by atoms with Crippen LogP contribution in [0.3, 0.4) is 0 Å². The molecule has 0 fully saturated rings. The normalized spacial score (nSPS) is 14.3. The van der Waals surface area contributed by atoms with Gasteiger partial charge in [-0.1, -0.05) is 5.92 Å². The van der Waals surface area contributed by atoms with E-state index in [4.69, 9.17) is 15.9 Å². The van der Waals surface area contributed by atoms with Crippen LogP contribution in [0.2, 0.25) is 0 Å². The Labute approximate surface area is 132 Å². The fourth-order valence-corrected chi connectivity index (χ4v) is 2.14. The SMILES string of the molecule is C#Cc1ccc(N2COCC(C(=O)OC)=C2C(=O)OC)cc1F. The Kier molecular flexibility index (Phi) is 4.98. The van der Waals surface area contributed by atoms with Crippen LogP contribution in [0.4, 0.5) is 10.1 Å². The lowest BCUT2D eigenvalue weighted by Crippen LogP contribution is -2.38. The highest BCUT2D eigenvalue weighted by molar-refractivity contribution is 6.03. The van der Waals surface area contributed by atoms with Crippen molar-refractivity contribution in [3.05, 3.63) is 40.8 Å². The number of hydrogen-bond donors (Lipinski definition) is 0. The Morgan fingerprint density at radius 1 is 1.30 bits per heavy atom. The van der Waals surface area contributed by atoms with E-state index in [1.54, 1.807) is 0 Å². The number of esters is 2. The highest BCUT2D eigenvalue weighted by Gasteiger charge is 2.32. The molecule has 0 unspecified atom stereocenters. The van der Waals surface area contributed by atoms with Gasteiger partial charge in [0.2, 0.25) is 0 Å². The predicted octanol–water partition coefficient (Wildman–Crippen LogP) is 1.20. The zero-order valence-corrected chi connectivity index (χ0v) is 12.6. The van der Waals surface area contributed by atoms with Crippen LogP contribution < -0.4 is 4.90 Å². The summed E-state index contributed by atoms with van der Waals surface area (Å²) in [6.07, 6.45) is 5.18. The zero-order chi connectivity index (χ0) is 17.0. The topological polar surface area (TPSA) is 65.1 Å². The summed E-state index contributed by atoms with van der Waals surface area (Å²) in [4.78, 5) is 25.2. The first kappa shape index (κ1) is 16.5. The number of terminal acetylenes is 1. The summed E-state index contributed by atoms with van der Waals surface area (Å²) in [5.41, 5.74) is 0.317. The van der Waals surface area contributed by atoms with Crippen LogP contribution in [0.15, 0.2) is 29.5 Å².